The first-order valence-electron chi connectivity index (χ1n) is 5.07. The van der Waals surface area contributed by atoms with E-state index < -0.39 is 0 Å². The average Bonchev–Trinajstić information content (AvgIpc) is 2.81. The van der Waals surface area contributed by atoms with Gasteiger partial charge in [-0.15, -0.1) is 11.3 Å². The molecular formula is C10H16N2S. The second-order valence-electron chi connectivity index (χ2n) is 3.61. The summed E-state index contributed by atoms with van der Waals surface area (Å²) in [5.74, 6) is 0. The summed E-state index contributed by atoms with van der Waals surface area (Å²) in [6.45, 7) is 1.19. The maximum atomic E-state index is 4.26. The summed E-state index contributed by atoms with van der Waals surface area (Å²) in [6.07, 6.45) is 8.40. The van der Waals surface area contributed by atoms with Crippen LogP contribution < -0.4 is 5.32 Å². The van der Waals surface area contributed by atoms with Crippen LogP contribution in [0.5, 0.6) is 0 Å². The Hall–Kier alpha value is -0.410. The fourth-order valence-electron chi connectivity index (χ4n) is 1.37. The Morgan fingerprint density at radius 3 is 3.08 bits per heavy atom. The minimum absolute atomic E-state index is 0.861. The predicted molar refractivity (Wildman–Crippen MR) is 56.1 cm³/mol. The normalized spacial score (nSPS) is 16.3. The van der Waals surface area contributed by atoms with Crippen molar-refractivity contribution in [1.29, 1.82) is 0 Å². The van der Waals surface area contributed by atoms with E-state index in [4.69, 9.17) is 0 Å². The molecule has 0 atom stereocenters. The van der Waals surface area contributed by atoms with Crippen molar-refractivity contribution in [3.05, 3.63) is 16.6 Å². The molecule has 0 saturated heterocycles. The summed E-state index contributed by atoms with van der Waals surface area (Å²) in [6, 6.07) is 0.861. The third kappa shape index (κ3) is 3.44. The van der Waals surface area contributed by atoms with Crippen LogP contribution in [-0.2, 0) is 6.42 Å². The molecule has 0 aliphatic heterocycles. The fraction of sp³-hybridized carbons (Fsp3) is 0.700. The number of rotatable bonds is 6. The van der Waals surface area contributed by atoms with Crippen molar-refractivity contribution in [3.63, 3.8) is 0 Å². The van der Waals surface area contributed by atoms with Crippen LogP contribution in [0.25, 0.3) is 0 Å². The van der Waals surface area contributed by atoms with Gasteiger partial charge in [0, 0.05) is 17.6 Å². The Morgan fingerprint density at radius 1 is 1.46 bits per heavy atom. The summed E-state index contributed by atoms with van der Waals surface area (Å²) in [5, 5.41) is 6.86. The van der Waals surface area contributed by atoms with Crippen molar-refractivity contribution in [2.24, 2.45) is 0 Å². The standard InChI is InChI=1S/C10H16N2S/c1(2-6-11-9-4-5-9)3-10-12-7-8-13-10/h7-9,11H,1-6H2. The van der Waals surface area contributed by atoms with E-state index in [1.165, 1.54) is 37.2 Å². The molecule has 1 aromatic rings. The molecule has 2 rings (SSSR count). The number of nitrogens with one attached hydrogen (secondary N) is 1. The summed E-state index contributed by atoms with van der Waals surface area (Å²) < 4.78 is 0. The molecule has 72 valence electrons. The second-order valence-corrected chi connectivity index (χ2v) is 4.59. The minimum atomic E-state index is 0.861. The fourth-order valence-corrected chi connectivity index (χ4v) is 2.03. The number of aromatic nitrogens is 1. The molecule has 0 bridgehead atoms. The highest BCUT2D eigenvalue weighted by Gasteiger charge is 2.19. The third-order valence-electron chi connectivity index (χ3n) is 2.31. The van der Waals surface area contributed by atoms with Gasteiger partial charge in [-0.05, 0) is 38.6 Å². The van der Waals surface area contributed by atoms with Crippen LogP contribution in [0.1, 0.15) is 30.7 Å². The van der Waals surface area contributed by atoms with Gasteiger partial charge >= 0.3 is 0 Å². The monoisotopic (exact) mass is 196 g/mol. The molecule has 1 aromatic heterocycles. The maximum absolute atomic E-state index is 4.26. The van der Waals surface area contributed by atoms with Crippen LogP contribution in [0, 0.1) is 0 Å². The predicted octanol–water partition coefficient (Wildman–Crippen LogP) is 2.22. The number of hydrogen-bond acceptors (Lipinski definition) is 3. The zero-order valence-electron chi connectivity index (χ0n) is 7.83. The smallest absolute Gasteiger partial charge is 0.0924 e. The molecule has 0 unspecified atom stereocenters. The summed E-state index contributed by atoms with van der Waals surface area (Å²) in [5.41, 5.74) is 0. The molecular weight excluding hydrogens is 180 g/mol. The molecule has 1 aliphatic rings. The molecule has 1 heterocycles. The number of aryl methyl sites for hydroxylation is 1. The molecule has 2 nitrogen and oxygen atoms in total. The van der Waals surface area contributed by atoms with Gasteiger partial charge in [0.15, 0.2) is 0 Å². The average molecular weight is 196 g/mol. The number of thiazole rings is 1. The summed E-state index contributed by atoms with van der Waals surface area (Å²) >= 11 is 1.77. The zero-order valence-corrected chi connectivity index (χ0v) is 8.65. The third-order valence-corrected chi connectivity index (χ3v) is 3.15. The molecule has 0 amide bonds. The highest BCUT2D eigenvalue weighted by atomic mass is 32.1. The van der Waals surface area contributed by atoms with Gasteiger partial charge < -0.3 is 5.32 Å². The van der Waals surface area contributed by atoms with Gasteiger partial charge in [-0.1, -0.05) is 0 Å². The van der Waals surface area contributed by atoms with Gasteiger partial charge in [0.25, 0.3) is 0 Å². The van der Waals surface area contributed by atoms with Gasteiger partial charge in [0.2, 0.25) is 0 Å². The molecule has 0 aromatic carbocycles. The van der Waals surface area contributed by atoms with Crippen LogP contribution in [0.15, 0.2) is 11.6 Å². The maximum Gasteiger partial charge on any atom is 0.0924 e. The van der Waals surface area contributed by atoms with Crippen molar-refractivity contribution in [2.75, 3.05) is 6.54 Å². The van der Waals surface area contributed by atoms with Crippen molar-refractivity contribution < 1.29 is 0 Å². The summed E-state index contributed by atoms with van der Waals surface area (Å²) in [7, 11) is 0. The zero-order chi connectivity index (χ0) is 8.93. The lowest BCUT2D eigenvalue weighted by atomic mass is 10.2. The Morgan fingerprint density at radius 2 is 2.38 bits per heavy atom. The number of nitrogens with zero attached hydrogens (tertiary/aromatic N) is 1. The SMILES string of the molecule is c1csc(CCCCNC2CC2)n1. The van der Waals surface area contributed by atoms with Crippen LogP contribution in [-0.4, -0.2) is 17.6 Å². The van der Waals surface area contributed by atoms with E-state index in [9.17, 15) is 0 Å². The van der Waals surface area contributed by atoms with E-state index in [0.717, 1.165) is 12.5 Å². The first kappa shape index (κ1) is 9.16. The topological polar surface area (TPSA) is 24.9 Å². The quantitative estimate of drug-likeness (QED) is 0.706. The lowest BCUT2D eigenvalue weighted by molar-refractivity contribution is 0.619. The van der Waals surface area contributed by atoms with E-state index >= 15 is 0 Å². The first-order chi connectivity index (χ1) is 6.45. The van der Waals surface area contributed by atoms with Gasteiger partial charge in [-0.25, -0.2) is 4.98 Å². The second kappa shape index (κ2) is 4.72. The van der Waals surface area contributed by atoms with Crippen molar-refractivity contribution in [1.82, 2.24) is 10.3 Å². The highest BCUT2D eigenvalue weighted by Crippen LogP contribution is 2.18. The first-order valence-corrected chi connectivity index (χ1v) is 5.95. The lowest BCUT2D eigenvalue weighted by Crippen LogP contribution is -2.17. The van der Waals surface area contributed by atoms with Gasteiger partial charge in [0.1, 0.15) is 0 Å². The van der Waals surface area contributed by atoms with E-state index in [1.54, 1.807) is 11.3 Å². The molecule has 1 aliphatic carbocycles. The van der Waals surface area contributed by atoms with Crippen molar-refractivity contribution in [3.8, 4) is 0 Å². The van der Waals surface area contributed by atoms with Crippen molar-refractivity contribution in [2.45, 2.75) is 38.1 Å². The molecule has 3 heteroatoms. The lowest BCUT2D eigenvalue weighted by Gasteiger charge is -2.00. The minimum Gasteiger partial charge on any atom is -0.314 e. The van der Waals surface area contributed by atoms with E-state index in [1.807, 2.05) is 6.20 Å². The molecule has 1 N–H and O–H groups in total. The summed E-state index contributed by atoms with van der Waals surface area (Å²) in [4.78, 5) is 4.26. The van der Waals surface area contributed by atoms with Crippen LogP contribution in [0.4, 0.5) is 0 Å². The molecule has 1 saturated carbocycles. The Bertz CT molecular complexity index is 229. The van der Waals surface area contributed by atoms with E-state index in [-0.39, 0.29) is 0 Å². The Balaban J connectivity index is 1.48. The highest BCUT2D eigenvalue weighted by molar-refractivity contribution is 7.09. The van der Waals surface area contributed by atoms with Crippen LogP contribution in [0.3, 0.4) is 0 Å². The van der Waals surface area contributed by atoms with Gasteiger partial charge in [0.05, 0.1) is 5.01 Å². The van der Waals surface area contributed by atoms with Gasteiger partial charge in [-0.2, -0.15) is 0 Å². The van der Waals surface area contributed by atoms with Gasteiger partial charge in [-0.3, -0.25) is 0 Å². The van der Waals surface area contributed by atoms with Crippen LogP contribution in [0.2, 0.25) is 0 Å². The molecule has 0 spiro atoms. The molecule has 13 heavy (non-hydrogen) atoms. The number of unbranched alkanes of at least 4 members (excludes halogenated alkanes) is 1. The van der Waals surface area contributed by atoms with E-state index in [0.29, 0.717) is 0 Å². The number of hydrogen-bond donors (Lipinski definition) is 1. The molecule has 1 fully saturated rings. The largest absolute Gasteiger partial charge is 0.314 e. The molecule has 0 radical (unpaired) electrons. The Kier molecular flexibility index (Phi) is 3.33. The van der Waals surface area contributed by atoms with Crippen molar-refractivity contribution >= 4 is 11.3 Å². The Labute approximate surface area is 83.4 Å². The van der Waals surface area contributed by atoms with Crippen LogP contribution >= 0.6 is 11.3 Å². The van der Waals surface area contributed by atoms with E-state index in [2.05, 4.69) is 15.7 Å².